The van der Waals surface area contributed by atoms with Crippen molar-refractivity contribution >= 4 is 18.9 Å². The van der Waals surface area contributed by atoms with Gasteiger partial charge in [0.25, 0.3) is 0 Å². The van der Waals surface area contributed by atoms with E-state index in [9.17, 15) is 4.57 Å². The molecule has 0 aromatic carbocycles. The molecule has 0 aliphatic rings. The second kappa shape index (κ2) is 6.55. The summed E-state index contributed by atoms with van der Waals surface area (Å²) in [6.45, 7) is 2.18. The Hall–Kier alpha value is -0.150. The Morgan fingerprint density at radius 3 is 2.69 bits per heavy atom. The molecule has 1 rings (SSSR count). The zero-order valence-corrected chi connectivity index (χ0v) is 11.3. The molecule has 0 amide bonds. The molecule has 0 aliphatic carbocycles. The van der Waals surface area contributed by atoms with E-state index in [0.29, 0.717) is 0 Å². The Morgan fingerprint density at radius 1 is 1.31 bits per heavy atom. The molecule has 1 aromatic heterocycles. The van der Waals surface area contributed by atoms with Crippen molar-refractivity contribution in [3.63, 3.8) is 0 Å². The lowest BCUT2D eigenvalue weighted by Crippen LogP contribution is -1.84. The van der Waals surface area contributed by atoms with Crippen molar-refractivity contribution in [1.29, 1.82) is 0 Å². The third-order valence-electron chi connectivity index (χ3n) is 2.39. The van der Waals surface area contributed by atoms with Gasteiger partial charge >= 0.3 is 7.60 Å². The average Bonchev–Trinajstić information content (AvgIpc) is 2.58. The first-order valence-electron chi connectivity index (χ1n) is 5.62. The van der Waals surface area contributed by atoms with Gasteiger partial charge in [-0.05, 0) is 29.9 Å². The fourth-order valence-electron chi connectivity index (χ4n) is 1.60. The number of hydrogen-bond donors (Lipinski definition) is 2. The maximum Gasteiger partial charge on any atom is 0.330 e. The average molecular weight is 262 g/mol. The van der Waals surface area contributed by atoms with Crippen LogP contribution in [0.4, 0.5) is 0 Å². The zero-order valence-electron chi connectivity index (χ0n) is 9.56. The van der Waals surface area contributed by atoms with Crippen molar-refractivity contribution in [2.45, 2.75) is 45.2 Å². The molecule has 1 heterocycles. The summed E-state index contributed by atoms with van der Waals surface area (Å²) in [4.78, 5) is 18.5. The Balaban J connectivity index is 2.37. The molecular formula is C11H19O3PS. The molecule has 0 saturated heterocycles. The van der Waals surface area contributed by atoms with E-state index >= 15 is 0 Å². The maximum atomic E-state index is 10.8. The van der Waals surface area contributed by atoms with E-state index in [1.54, 1.807) is 0 Å². The number of rotatable bonds is 7. The highest BCUT2D eigenvalue weighted by atomic mass is 32.1. The van der Waals surface area contributed by atoms with Crippen LogP contribution in [0.25, 0.3) is 0 Å². The monoisotopic (exact) mass is 262 g/mol. The first kappa shape index (κ1) is 13.9. The smallest absolute Gasteiger partial charge is 0.324 e. The van der Waals surface area contributed by atoms with Crippen LogP contribution in [0.1, 0.15) is 43.0 Å². The summed E-state index contributed by atoms with van der Waals surface area (Å²) in [7, 11) is -3.90. The summed E-state index contributed by atoms with van der Waals surface area (Å²) in [5.41, 5.74) is 1.21. The summed E-state index contributed by atoms with van der Waals surface area (Å²) >= 11 is 1.45. The summed E-state index contributed by atoms with van der Waals surface area (Å²) < 4.78 is 10.8. The van der Waals surface area contributed by atoms with Gasteiger partial charge in [0.1, 0.15) is 0 Å². The summed E-state index contributed by atoms with van der Waals surface area (Å²) in [5, 5.41) is 2.01. The molecule has 0 fully saturated rings. The Kier molecular flexibility index (Phi) is 5.70. The van der Waals surface area contributed by atoms with Crippen LogP contribution >= 0.6 is 18.9 Å². The van der Waals surface area contributed by atoms with Gasteiger partial charge < -0.3 is 9.79 Å². The fourth-order valence-corrected chi connectivity index (χ4v) is 3.61. The lowest BCUT2D eigenvalue weighted by Gasteiger charge is -1.99. The molecule has 2 N–H and O–H groups in total. The molecule has 0 aliphatic heterocycles. The normalized spacial score (nSPS) is 11.9. The topological polar surface area (TPSA) is 57.5 Å². The van der Waals surface area contributed by atoms with Crippen LogP contribution in [0.15, 0.2) is 11.4 Å². The molecule has 5 heteroatoms. The molecule has 0 atom stereocenters. The van der Waals surface area contributed by atoms with Gasteiger partial charge in [-0.2, -0.15) is 0 Å². The van der Waals surface area contributed by atoms with E-state index in [1.165, 1.54) is 42.6 Å². The predicted molar refractivity (Wildman–Crippen MR) is 67.9 cm³/mol. The summed E-state index contributed by atoms with van der Waals surface area (Å²) in [6, 6.07) is 1.93. The Bertz CT molecular complexity index is 356. The molecule has 92 valence electrons. The largest absolute Gasteiger partial charge is 0.330 e. The molecule has 16 heavy (non-hydrogen) atoms. The van der Waals surface area contributed by atoms with Crippen molar-refractivity contribution in [2.75, 3.05) is 0 Å². The SMILES string of the molecule is CCCCCCc1csc(CP(=O)(O)O)c1. The van der Waals surface area contributed by atoms with Crippen molar-refractivity contribution in [3.8, 4) is 0 Å². The van der Waals surface area contributed by atoms with Gasteiger partial charge in [-0.1, -0.05) is 26.2 Å². The van der Waals surface area contributed by atoms with Gasteiger partial charge in [-0.15, -0.1) is 11.3 Å². The molecule has 3 nitrogen and oxygen atoms in total. The quantitative estimate of drug-likeness (QED) is 0.583. The second-order valence-corrected chi connectivity index (χ2v) is 6.70. The first-order chi connectivity index (χ1) is 7.51. The third-order valence-corrected chi connectivity index (χ3v) is 4.34. The highest BCUT2D eigenvalue weighted by molar-refractivity contribution is 7.51. The first-order valence-corrected chi connectivity index (χ1v) is 8.30. The van der Waals surface area contributed by atoms with E-state index in [4.69, 9.17) is 9.79 Å². The highest BCUT2D eigenvalue weighted by Crippen LogP contribution is 2.40. The predicted octanol–water partition coefficient (Wildman–Crippen LogP) is 3.55. The molecule has 0 saturated carbocycles. The van der Waals surface area contributed by atoms with Crippen LogP contribution in [0.2, 0.25) is 0 Å². The fraction of sp³-hybridized carbons (Fsp3) is 0.636. The second-order valence-electron chi connectivity index (χ2n) is 4.05. The summed E-state index contributed by atoms with van der Waals surface area (Å²) in [5.74, 6) is 0. The number of unbranched alkanes of at least 4 members (excludes halogenated alkanes) is 3. The van der Waals surface area contributed by atoms with E-state index in [-0.39, 0.29) is 6.16 Å². The van der Waals surface area contributed by atoms with Crippen LogP contribution in [0, 0.1) is 0 Å². The number of aryl methyl sites for hydroxylation is 1. The van der Waals surface area contributed by atoms with Gasteiger partial charge in [-0.25, -0.2) is 0 Å². The summed E-state index contributed by atoms with van der Waals surface area (Å²) in [6.07, 6.45) is 5.80. The van der Waals surface area contributed by atoms with Crippen molar-refractivity contribution < 1.29 is 14.4 Å². The third kappa shape index (κ3) is 5.80. The highest BCUT2D eigenvalue weighted by Gasteiger charge is 2.15. The molecule has 0 spiro atoms. The standard InChI is InChI=1S/C11H19O3PS/c1-2-3-4-5-6-10-7-11(16-9-10)8-15(12,13)14/h7,9H,2-6,8H2,1H3,(H2,12,13,14). The molecule has 1 aromatic rings. The molecular weight excluding hydrogens is 243 g/mol. The van der Waals surface area contributed by atoms with Crippen molar-refractivity contribution in [2.24, 2.45) is 0 Å². The van der Waals surface area contributed by atoms with Gasteiger partial charge in [0.15, 0.2) is 0 Å². The van der Waals surface area contributed by atoms with E-state index in [1.807, 2.05) is 11.4 Å². The number of thiophene rings is 1. The molecule has 0 bridgehead atoms. The Labute approximate surface area is 101 Å². The van der Waals surface area contributed by atoms with E-state index in [2.05, 4.69) is 6.92 Å². The van der Waals surface area contributed by atoms with E-state index < -0.39 is 7.60 Å². The minimum absolute atomic E-state index is 0.118. The zero-order chi connectivity index (χ0) is 12.0. The van der Waals surface area contributed by atoms with Crippen LogP contribution in [0.5, 0.6) is 0 Å². The van der Waals surface area contributed by atoms with Crippen molar-refractivity contribution in [1.82, 2.24) is 0 Å². The van der Waals surface area contributed by atoms with Gasteiger partial charge in [0.05, 0.1) is 6.16 Å². The van der Waals surface area contributed by atoms with Crippen LogP contribution in [0.3, 0.4) is 0 Å². The van der Waals surface area contributed by atoms with Crippen LogP contribution in [-0.2, 0) is 17.1 Å². The van der Waals surface area contributed by atoms with Crippen LogP contribution in [-0.4, -0.2) is 9.79 Å². The lowest BCUT2D eigenvalue weighted by molar-refractivity contribution is 0.372. The van der Waals surface area contributed by atoms with Gasteiger partial charge in [-0.3, -0.25) is 4.57 Å². The van der Waals surface area contributed by atoms with Crippen LogP contribution < -0.4 is 0 Å². The van der Waals surface area contributed by atoms with Gasteiger partial charge in [0.2, 0.25) is 0 Å². The van der Waals surface area contributed by atoms with Gasteiger partial charge in [0, 0.05) is 4.88 Å². The van der Waals surface area contributed by atoms with E-state index in [0.717, 1.165) is 11.3 Å². The Morgan fingerprint density at radius 2 is 2.06 bits per heavy atom. The maximum absolute atomic E-state index is 10.8. The minimum atomic E-state index is -3.90. The lowest BCUT2D eigenvalue weighted by atomic mass is 10.1. The molecule has 0 unspecified atom stereocenters. The minimum Gasteiger partial charge on any atom is -0.324 e. The van der Waals surface area contributed by atoms with Crippen molar-refractivity contribution in [3.05, 3.63) is 21.9 Å². The number of hydrogen-bond acceptors (Lipinski definition) is 2. The molecule has 0 radical (unpaired) electrons.